The van der Waals surface area contributed by atoms with Gasteiger partial charge in [0.1, 0.15) is 0 Å². The van der Waals surface area contributed by atoms with E-state index in [1.807, 2.05) is 0 Å². The van der Waals surface area contributed by atoms with Gasteiger partial charge < -0.3 is 10.1 Å². The number of benzene rings is 1. The predicted molar refractivity (Wildman–Crippen MR) is 84.8 cm³/mol. The zero-order chi connectivity index (χ0) is 14.2. The van der Waals surface area contributed by atoms with Gasteiger partial charge in [-0.1, -0.05) is 57.0 Å². The molecular formula is C18H29NO. The summed E-state index contributed by atoms with van der Waals surface area (Å²) in [6.45, 7) is 7.36. The number of rotatable bonds is 8. The van der Waals surface area contributed by atoms with Gasteiger partial charge in [0.05, 0.1) is 12.7 Å². The highest BCUT2D eigenvalue weighted by Crippen LogP contribution is 2.27. The second kappa shape index (κ2) is 8.43. The van der Waals surface area contributed by atoms with Crippen molar-refractivity contribution in [2.24, 2.45) is 11.8 Å². The number of hydrogen-bond acceptors (Lipinski definition) is 2. The third-order valence-corrected chi connectivity index (χ3v) is 4.06. The van der Waals surface area contributed by atoms with Gasteiger partial charge in [-0.3, -0.25) is 0 Å². The van der Waals surface area contributed by atoms with Gasteiger partial charge >= 0.3 is 0 Å². The van der Waals surface area contributed by atoms with Crippen LogP contribution in [0, 0.1) is 11.8 Å². The molecule has 1 atom stereocenters. The van der Waals surface area contributed by atoms with Crippen molar-refractivity contribution >= 4 is 0 Å². The summed E-state index contributed by atoms with van der Waals surface area (Å²) in [6, 6.07) is 10.6. The fourth-order valence-corrected chi connectivity index (χ4v) is 2.87. The van der Waals surface area contributed by atoms with E-state index >= 15 is 0 Å². The zero-order valence-electron chi connectivity index (χ0n) is 13.0. The fraction of sp³-hybridized carbons (Fsp3) is 0.667. The first-order chi connectivity index (χ1) is 9.75. The molecule has 2 rings (SSSR count). The smallest absolute Gasteiger partial charge is 0.0949 e. The Hall–Kier alpha value is -0.860. The molecule has 2 nitrogen and oxygen atoms in total. The molecule has 0 spiro atoms. The standard InChI is InChI=1S/C18H29NO/c1-15(2)12-19-13-18(17-10-4-3-5-11-17)20-14-16-8-6-7-9-16/h3-5,10-11,15-16,18-19H,6-9,12-14H2,1-2H3. The third-order valence-electron chi connectivity index (χ3n) is 4.06. The Morgan fingerprint density at radius 3 is 2.45 bits per heavy atom. The van der Waals surface area contributed by atoms with Crippen LogP contribution in [-0.2, 0) is 4.74 Å². The van der Waals surface area contributed by atoms with Crippen molar-refractivity contribution in [3.8, 4) is 0 Å². The lowest BCUT2D eigenvalue weighted by molar-refractivity contribution is 0.0292. The maximum Gasteiger partial charge on any atom is 0.0949 e. The monoisotopic (exact) mass is 275 g/mol. The second-order valence-corrected chi connectivity index (χ2v) is 6.44. The van der Waals surface area contributed by atoms with Crippen LogP contribution >= 0.6 is 0 Å². The van der Waals surface area contributed by atoms with Crippen molar-refractivity contribution in [3.05, 3.63) is 35.9 Å². The summed E-state index contributed by atoms with van der Waals surface area (Å²) in [5.41, 5.74) is 1.29. The molecule has 0 aliphatic heterocycles. The Kier molecular flexibility index (Phi) is 6.55. The van der Waals surface area contributed by atoms with Crippen molar-refractivity contribution in [2.45, 2.75) is 45.6 Å². The first kappa shape index (κ1) is 15.5. The van der Waals surface area contributed by atoms with E-state index in [1.54, 1.807) is 0 Å². The Balaban J connectivity index is 1.85. The maximum absolute atomic E-state index is 6.23. The minimum atomic E-state index is 0.190. The molecule has 0 saturated heterocycles. The third kappa shape index (κ3) is 5.26. The lowest BCUT2D eigenvalue weighted by Gasteiger charge is -2.21. The Bertz CT molecular complexity index is 357. The van der Waals surface area contributed by atoms with Crippen LogP contribution in [0.25, 0.3) is 0 Å². The van der Waals surface area contributed by atoms with Gasteiger partial charge in [0.15, 0.2) is 0 Å². The summed E-state index contributed by atoms with van der Waals surface area (Å²) < 4.78 is 6.23. The van der Waals surface area contributed by atoms with Crippen molar-refractivity contribution in [1.82, 2.24) is 5.32 Å². The molecule has 0 aromatic heterocycles. The van der Waals surface area contributed by atoms with E-state index in [9.17, 15) is 0 Å². The van der Waals surface area contributed by atoms with Crippen LogP contribution in [0.1, 0.15) is 51.2 Å². The molecule has 1 saturated carbocycles. The second-order valence-electron chi connectivity index (χ2n) is 6.44. The van der Waals surface area contributed by atoms with E-state index in [4.69, 9.17) is 4.74 Å². The minimum absolute atomic E-state index is 0.190. The molecule has 1 aromatic carbocycles. The predicted octanol–water partition coefficient (Wildman–Crippen LogP) is 4.18. The van der Waals surface area contributed by atoms with Crippen LogP contribution < -0.4 is 5.32 Å². The highest BCUT2D eigenvalue weighted by Gasteiger charge is 2.18. The number of hydrogen-bond donors (Lipinski definition) is 1. The quantitative estimate of drug-likeness (QED) is 0.768. The summed E-state index contributed by atoms with van der Waals surface area (Å²) in [5, 5.41) is 3.53. The van der Waals surface area contributed by atoms with E-state index < -0.39 is 0 Å². The van der Waals surface area contributed by atoms with Gasteiger partial charge in [0.2, 0.25) is 0 Å². The molecule has 1 aromatic rings. The maximum atomic E-state index is 6.23. The molecule has 0 amide bonds. The largest absolute Gasteiger partial charge is 0.372 e. The van der Waals surface area contributed by atoms with Gasteiger partial charge in [0, 0.05) is 6.54 Å². The topological polar surface area (TPSA) is 21.3 Å². The van der Waals surface area contributed by atoms with E-state index in [1.165, 1.54) is 31.2 Å². The SMILES string of the molecule is CC(C)CNCC(OCC1CCCC1)c1ccccc1. The van der Waals surface area contributed by atoms with Gasteiger partial charge in [0.25, 0.3) is 0 Å². The molecular weight excluding hydrogens is 246 g/mol. The first-order valence-electron chi connectivity index (χ1n) is 8.13. The Morgan fingerprint density at radius 1 is 1.10 bits per heavy atom. The molecule has 0 radical (unpaired) electrons. The molecule has 1 aliphatic rings. The van der Waals surface area contributed by atoms with Crippen LogP contribution in [0.5, 0.6) is 0 Å². The summed E-state index contributed by atoms with van der Waals surface area (Å²) in [7, 11) is 0. The number of nitrogens with one attached hydrogen (secondary N) is 1. The van der Waals surface area contributed by atoms with Crippen LogP contribution in [0.2, 0.25) is 0 Å². The van der Waals surface area contributed by atoms with Gasteiger partial charge in [-0.05, 0) is 36.8 Å². The molecule has 1 fully saturated rings. The molecule has 112 valence electrons. The first-order valence-corrected chi connectivity index (χ1v) is 8.13. The van der Waals surface area contributed by atoms with Crippen LogP contribution in [0.3, 0.4) is 0 Å². The molecule has 1 aliphatic carbocycles. The molecule has 0 bridgehead atoms. The van der Waals surface area contributed by atoms with Crippen molar-refractivity contribution in [2.75, 3.05) is 19.7 Å². The van der Waals surface area contributed by atoms with E-state index in [-0.39, 0.29) is 6.10 Å². The van der Waals surface area contributed by atoms with E-state index in [2.05, 4.69) is 49.5 Å². The fourth-order valence-electron chi connectivity index (χ4n) is 2.87. The average molecular weight is 275 g/mol. The molecule has 20 heavy (non-hydrogen) atoms. The van der Waals surface area contributed by atoms with Gasteiger partial charge in [-0.25, -0.2) is 0 Å². The minimum Gasteiger partial charge on any atom is -0.372 e. The lowest BCUT2D eigenvalue weighted by atomic mass is 10.1. The van der Waals surface area contributed by atoms with Crippen LogP contribution in [0.15, 0.2) is 30.3 Å². The lowest BCUT2D eigenvalue weighted by Crippen LogP contribution is -2.27. The van der Waals surface area contributed by atoms with Gasteiger partial charge in [-0.2, -0.15) is 0 Å². The van der Waals surface area contributed by atoms with E-state index in [0.717, 1.165) is 25.6 Å². The van der Waals surface area contributed by atoms with Crippen molar-refractivity contribution in [3.63, 3.8) is 0 Å². The highest BCUT2D eigenvalue weighted by molar-refractivity contribution is 5.17. The summed E-state index contributed by atoms with van der Waals surface area (Å²) in [5.74, 6) is 1.47. The highest BCUT2D eigenvalue weighted by atomic mass is 16.5. The van der Waals surface area contributed by atoms with Gasteiger partial charge in [-0.15, -0.1) is 0 Å². The molecule has 1 unspecified atom stereocenters. The molecule has 2 heteroatoms. The Morgan fingerprint density at radius 2 is 1.80 bits per heavy atom. The summed E-state index contributed by atoms with van der Waals surface area (Å²) >= 11 is 0. The van der Waals surface area contributed by atoms with Crippen LogP contribution in [0.4, 0.5) is 0 Å². The molecule has 0 heterocycles. The van der Waals surface area contributed by atoms with E-state index in [0.29, 0.717) is 5.92 Å². The van der Waals surface area contributed by atoms with Crippen LogP contribution in [-0.4, -0.2) is 19.7 Å². The zero-order valence-corrected chi connectivity index (χ0v) is 13.0. The average Bonchev–Trinajstić information content (AvgIpc) is 2.96. The van der Waals surface area contributed by atoms with Crippen molar-refractivity contribution < 1.29 is 4.74 Å². The normalized spacial score (nSPS) is 17.8. The summed E-state index contributed by atoms with van der Waals surface area (Å²) in [4.78, 5) is 0. The summed E-state index contributed by atoms with van der Waals surface area (Å²) in [6.07, 6.45) is 5.66. The molecule has 1 N–H and O–H groups in total. The Labute approximate surface area is 123 Å². The van der Waals surface area contributed by atoms with Crippen molar-refractivity contribution in [1.29, 1.82) is 0 Å². The number of ether oxygens (including phenoxy) is 1.